The van der Waals surface area contributed by atoms with Crippen LogP contribution in [0.1, 0.15) is 73.4 Å². The molecule has 4 aromatic rings. The minimum atomic E-state index is -1.61. The van der Waals surface area contributed by atoms with Crippen LogP contribution in [0.4, 0.5) is 10.1 Å². The summed E-state index contributed by atoms with van der Waals surface area (Å²) in [6, 6.07) is 24.4. The van der Waals surface area contributed by atoms with Gasteiger partial charge in [0.05, 0.1) is 13.2 Å². The Kier molecular flexibility index (Phi) is 6.20. The fourth-order valence-electron chi connectivity index (χ4n) is 7.36. The molecule has 0 saturated carbocycles. The Bertz CT molecular complexity index is 1800. The summed E-state index contributed by atoms with van der Waals surface area (Å²) in [5.74, 6) is -1.28. The van der Waals surface area contributed by atoms with Crippen molar-refractivity contribution >= 4 is 29.1 Å². The van der Waals surface area contributed by atoms with Crippen molar-refractivity contribution in [1.29, 1.82) is 0 Å². The largest absolute Gasteiger partial charge is 0.497 e. The Morgan fingerprint density at radius 3 is 2.23 bits per heavy atom. The predicted octanol–water partition coefficient (Wildman–Crippen LogP) is 7.27. The van der Waals surface area contributed by atoms with E-state index in [1.54, 1.807) is 66.7 Å². The summed E-state index contributed by atoms with van der Waals surface area (Å²) >= 11 is 0. The van der Waals surface area contributed by atoms with E-state index in [2.05, 4.69) is 13.8 Å². The molecule has 3 aliphatic rings. The van der Waals surface area contributed by atoms with Gasteiger partial charge in [-0.2, -0.15) is 0 Å². The molecule has 1 saturated heterocycles. The van der Waals surface area contributed by atoms with Crippen LogP contribution in [0.25, 0.3) is 6.08 Å². The van der Waals surface area contributed by atoms with Gasteiger partial charge >= 0.3 is 0 Å². The molecule has 1 spiro atoms. The van der Waals surface area contributed by atoms with Gasteiger partial charge in [0.15, 0.2) is 17.3 Å². The number of hydrogen-bond donors (Lipinski definition) is 0. The summed E-state index contributed by atoms with van der Waals surface area (Å²) in [4.78, 5) is 46.2. The monoisotopic (exact) mass is 571 g/mol. The minimum absolute atomic E-state index is 0.249. The number of ether oxygens (including phenoxy) is 1. The van der Waals surface area contributed by atoms with Crippen molar-refractivity contribution in [1.82, 2.24) is 0 Å². The molecule has 214 valence electrons. The lowest BCUT2D eigenvalue weighted by molar-refractivity contribution is 0.0666. The molecule has 0 amide bonds. The third-order valence-corrected chi connectivity index (χ3v) is 9.35. The Labute approximate surface area is 249 Å². The summed E-state index contributed by atoms with van der Waals surface area (Å²) in [7, 11) is 1.54. The van der Waals surface area contributed by atoms with Crippen LogP contribution in [-0.2, 0) is 0 Å². The van der Waals surface area contributed by atoms with E-state index in [-0.39, 0.29) is 23.3 Å². The van der Waals surface area contributed by atoms with Crippen LogP contribution in [0.3, 0.4) is 0 Å². The fraction of sp³-hybridized carbons (Fsp3) is 0.216. The van der Waals surface area contributed by atoms with Crippen molar-refractivity contribution in [2.75, 3.05) is 12.0 Å². The molecule has 3 atom stereocenters. The number of rotatable bonds is 5. The number of benzene rings is 4. The zero-order chi connectivity index (χ0) is 30.0. The molecular formula is C37H30FNO4. The van der Waals surface area contributed by atoms with E-state index in [0.717, 1.165) is 11.1 Å². The van der Waals surface area contributed by atoms with E-state index < -0.39 is 29.2 Å². The number of carbonyl (C=O) groups is 3. The topological polar surface area (TPSA) is 63.7 Å². The van der Waals surface area contributed by atoms with Crippen LogP contribution in [0.2, 0.25) is 0 Å². The van der Waals surface area contributed by atoms with E-state index in [0.29, 0.717) is 33.7 Å². The van der Waals surface area contributed by atoms with Crippen LogP contribution in [0, 0.1) is 11.2 Å². The molecule has 6 heteroatoms. The Hall–Kier alpha value is -4.84. The van der Waals surface area contributed by atoms with E-state index in [9.17, 15) is 18.8 Å². The number of anilines is 1. The van der Waals surface area contributed by atoms with E-state index >= 15 is 0 Å². The van der Waals surface area contributed by atoms with Gasteiger partial charge in [-0.3, -0.25) is 14.4 Å². The second-order valence-electron chi connectivity index (χ2n) is 11.8. The molecule has 0 unspecified atom stereocenters. The van der Waals surface area contributed by atoms with Crippen molar-refractivity contribution < 1.29 is 23.5 Å². The number of fused-ring (bicyclic) bond motifs is 5. The first-order valence-electron chi connectivity index (χ1n) is 14.5. The van der Waals surface area contributed by atoms with Gasteiger partial charge in [0.1, 0.15) is 23.0 Å². The number of halogens is 1. The highest BCUT2D eigenvalue weighted by atomic mass is 19.1. The van der Waals surface area contributed by atoms with E-state index in [1.165, 1.54) is 19.2 Å². The highest BCUT2D eigenvalue weighted by Gasteiger charge is 2.71. The minimum Gasteiger partial charge on any atom is -0.497 e. The standard InChI is InChI=1S/C37H30FNO4/c1-21(2)22-11-13-23(14-12-22)32-33(34(40)25-7-6-8-27(20-25)43-3)39-30-17-16-26(38)19-24(30)15-18-31(39)37(32)35(41)28-9-4-5-10-29(28)36(37)42/h4-21,31-33H,1-3H3/t31-,32+,33-/m0/s1. The number of nitrogens with zero attached hydrogens (tertiary/aromatic N) is 1. The average molecular weight is 572 g/mol. The van der Waals surface area contributed by atoms with Crippen LogP contribution in [0.15, 0.2) is 97.1 Å². The van der Waals surface area contributed by atoms with E-state index in [1.807, 2.05) is 29.2 Å². The van der Waals surface area contributed by atoms with Crippen molar-refractivity contribution in [2.24, 2.45) is 5.41 Å². The number of Topliss-reactive ketones (excluding diaryl/α,β-unsaturated/α-hetero) is 3. The average Bonchev–Trinajstić information content (AvgIpc) is 3.46. The quantitative estimate of drug-likeness (QED) is 0.186. The van der Waals surface area contributed by atoms with Crippen molar-refractivity contribution in [2.45, 2.75) is 37.8 Å². The Balaban J connectivity index is 1.53. The zero-order valence-corrected chi connectivity index (χ0v) is 24.1. The Morgan fingerprint density at radius 1 is 0.884 bits per heavy atom. The van der Waals surface area contributed by atoms with Gasteiger partial charge in [-0.15, -0.1) is 0 Å². The van der Waals surface area contributed by atoms with Gasteiger partial charge in [0, 0.05) is 33.9 Å². The first kappa shape index (κ1) is 27.0. The van der Waals surface area contributed by atoms with E-state index in [4.69, 9.17) is 4.74 Å². The number of ketones is 3. The molecular weight excluding hydrogens is 541 g/mol. The van der Waals surface area contributed by atoms with Crippen LogP contribution >= 0.6 is 0 Å². The summed E-state index contributed by atoms with van der Waals surface area (Å²) < 4.78 is 19.9. The zero-order valence-electron chi connectivity index (χ0n) is 24.1. The van der Waals surface area contributed by atoms with Gasteiger partial charge in [-0.1, -0.05) is 86.7 Å². The maximum atomic E-state index is 14.8. The summed E-state index contributed by atoms with van der Waals surface area (Å²) in [5, 5.41) is 0. The summed E-state index contributed by atoms with van der Waals surface area (Å²) in [5.41, 5.74) is 2.55. The lowest BCUT2D eigenvalue weighted by atomic mass is 9.64. The molecule has 2 heterocycles. The molecule has 2 aliphatic heterocycles. The number of methoxy groups -OCH3 is 1. The second kappa shape index (κ2) is 9.87. The Morgan fingerprint density at radius 2 is 1.58 bits per heavy atom. The first-order valence-corrected chi connectivity index (χ1v) is 14.5. The molecule has 0 N–H and O–H groups in total. The molecule has 43 heavy (non-hydrogen) atoms. The highest BCUT2D eigenvalue weighted by molar-refractivity contribution is 6.32. The van der Waals surface area contributed by atoms with Gasteiger partial charge in [-0.25, -0.2) is 4.39 Å². The lowest BCUT2D eigenvalue weighted by Gasteiger charge is -2.37. The second-order valence-corrected chi connectivity index (χ2v) is 11.8. The molecule has 7 rings (SSSR count). The molecule has 0 radical (unpaired) electrons. The predicted molar refractivity (Wildman–Crippen MR) is 164 cm³/mol. The third kappa shape index (κ3) is 3.79. The maximum Gasteiger partial charge on any atom is 0.186 e. The molecule has 5 nitrogen and oxygen atoms in total. The maximum absolute atomic E-state index is 14.8. The first-order chi connectivity index (χ1) is 20.8. The third-order valence-electron chi connectivity index (χ3n) is 9.35. The van der Waals surface area contributed by atoms with Crippen molar-refractivity contribution in [3.63, 3.8) is 0 Å². The van der Waals surface area contributed by atoms with Gasteiger partial charge < -0.3 is 9.64 Å². The normalized spacial score (nSPS) is 21.2. The summed E-state index contributed by atoms with van der Waals surface area (Å²) in [6.45, 7) is 4.20. The molecule has 1 aliphatic carbocycles. The van der Waals surface area contributed by atoms with Crippen molar-refractivity contribution in [3.8, 4) is 5.75 Å². The number of hydrogen-bond acceptors (Lipinski definition) is 5. The van der Waals surface area contributed by atoms with Crippen molar-refractivity contribution in [3.05, 3.63) is 136 Å². The van der Waals surface area contributed by atoms with Crippen LogP contribution < -0.4 is 9.64 Å². The summed E-state index contributed by atoms with van der Waals surface area (Å²) in [6.07, 6.45) is 3.57. The van der Waals surface area contributed by atoms with Gasteiger partial charge in [-0.05, 0) is 47.4 Å². The van der Waals surface area contributed by atoms with Crippen LogP contribution in [0.5, 0.6) is 5.75 Å². The number of carbonyl (C=O) groups excluding carboxylic acids is 3. The SMILES string of the molecule is COc1cccc(C(=O)[C@@H]2[C@@H](c3ccc(C(C)C)cc3)C3(C(=O)c4ccccc4C3=O)[C@@H]3C=Cc4cc(F)ccc4N23)c1. The van der Waals surface area contributed by atoms with Crippen LogP contribution in [-0.4, -0.2) is 36.5 Å². The molecule has 0 aromatic heterocycles. The molecule has 1 fully saturated rings. The lowest BCUT2D eigenvalue weighted by Crippen LogP contribution is -2.48. The van der Waals surface area contributed by atoms with Gasteiger partial charge in [0.25, 0.3) is 0 Å². The smallest absolute Gasteiger partial charge is 0.186 e. The highest BCUT2D eigenvalue weighted by Crippen LogP contribution is 2.61. The van der Waals surface area contributed by atoms with Gasteiger partial charge in [0.2, 0.25) is 0 Å². The molecule has 4 aromatic carbocycles. The fourth-order valence-corrected chi connectivity index (χ4v) is 7.36. The molecule has 0 bridgehead atoms.